The Morgan fingerprint density at radius 1 is 1.16 bits per heavy atom. The van der Waals surface area contributed by atoms with E-state index in [1.807, 2.05) is 18.4 Å². The number of hydrogen-bond acceptors (Lipinski definition) is 4. The van der Waals surface area contributed by atoms with Gasteiger partial charge in [-0.05, 0) is 70.2 Å². The van der Waals surface area contributed by atoms with Crippen LogP contribution in [0.2, 0.25) is 0 Å². The summed E-state index contributed by atoms with van der Waals surface area (Å²) >= 11 is 1.88. The second-order valence-corrected chi connectivity index (χ2v) is 8.43. The van der Waals surface area contributed by atoms with Gasteiger partial charge in [0.2, 0.25) is 0 Å². The van der Waals surface area contributed by atoms with Gasteiger partial charge in [0.25, 0.3) is 0 Å². The molecule has 2 aliphatic heterocycles. The molecule has 140 valence electrons. The van der Waals surface area contributed by atoms with E-state index in [1.54, 1.807) is 0 Å². The van der Waals surface area contributed by atoms with Gasteiger partial charge in [0.05, 0.1) is 0 Å². The van der Waals surface area contributed by atoms with Crippen molar-refractivity contribution in [2.24, 2.45) is 10.9 Å². The number of hydrogen-bond donors (Lipinski definition) is 2. The van der Waals surface area contributed by atoms with Crippen molar-refractivity contribution in [1.82, 2.24) is 20.4 Å². The number of rotatable bonds is 5. The average molecular weight is 364 g/mol. The SMILES string of the molecule is CN=C(NCC1CCCN(C)C1c1cccs1)NCC1CCCN1C. The summed E-state index contributed by atoms with van der Waals surface area (Å²) in [6, 6.07) is 5.62. The Bertz CT molecular complexity index is 544. The second kappa shape index (κ2) is 9.01. The number of nitrogens with one attached hydrogen (secondary N) is 2. The normalized spacial score (nSPS) is 29.1. The molecule has 3 rings (SSSR count). The largest absolute Gasteiger partial charge is 0.356 e. The molecule has 1 aromatic rings. The summed E-state index contributed by atoms with van der Waals surface area (Å²) in [6.07, 6.45) is 5.16. The summed E-state index contributed by atoms with van der Waals surface area (Å²) in [6.45, 7) is 4.37. The lowest BCUT2D eigenvalue weighted by Crippen LogP contribution is -2.47. The Balaban J connectivity index is 1.53. The predicted molar refractivity (Wildman–Crippen MR) is 107 cm³/mol. The van der Waals surface area contributed by atoms with E-state index < -0.39 is 0 Å². The van der Waals surface area contributed by atoms with Gasteiger partial charge < -0.3 is 15.5 Å². The summed E-state index contributed by atoms with van der Waals surface area (Å²) in [7, 11) is 6.36. The number of aliphatic imine (C=N–C) groups is 1. The zero-order chi connectivity index (χ0) is 17.6. The summed E-state index contributed by atoms with van der Waals surface area (Å²) in [5.41, 5.74) is 0. The van der Waals surface area contributed by atoms with E-state index in [1.165, 1.54) is 43.6 Å². The van der Waals surface area contributed by atoms with E-state index in [2.05, 4.69) is 57.0 Å². The number of guanidine groups is 1. The fourth-order valence-corrected chi connectivity index (χ4v) is 5.27. The minimum atomic E-state index is 0.528. The van der Waals surface area contributed by atoms with Crippen molar-refractivity contribution in [2.75, 3.05) is 47.3 Å². The molecule has 3 heterocycles. The highest BCUT2D eigenvalue weighted by Crippen LogP contribution is 2.36. The maximum Gasteiger partial charge on any atom is 0.191 e. The Kier molecular flexibility index (Phi) is 6.73. The topological polar surface area (TPSA) is 42.9 Å². The van der Waals surface area contributed by atoms with Gasteiger partial charge in [0.1, 0.15) is 0 Å². The van der Waals surface area contributed by atoms with Crippen molar-refractivity contribution in [3.8, 4) is 0 Å². The molecule has 0 saturated carbocycles. The van der Waals surface area contributed by atoms with Crippen molar-refractivity contribution in [3.05, 3.63) is 22.4 Å². The molecule has 0 amide bonds. The lowest BCUT2D eigenvalue weighted by molar-refractivity contribution is 0.125. The molecule has 0 radical (unpaired) electrons. The zero-order valence-corrected chi connectivity index (χ0v) is 16.7. The van der Waals surface area contributed by atoms with Crippen molar-refractivity contribution < 1.29 is 0 Å². The van der Waals surface area contributed by atoms with Gasteiger partial charge in [0, 0.05) is 37.1 Å². The van der Waals surface area contributed by atoms with Crippen LogP contribution in [-0.2, 0) is 0 Å². The fourth-order valence-electron chi connectivity index (χ4n) is 4.28. The third-order valence-electron chi connectivity index (χ3n) is 5.77. The Hall–Kier alpha value is -1.11. The minimum Gasteiger partial charge on any atom is -0.356 e. The van der Waals surface area contributed by atoms with Crippen LogP contribution in [-0.4, -0.2) is 69.1 Å². The number of piperidine rings is 1. The van der Waals surface area contributed by atoms with Gasteiger partial charge in [-0.3, -0.25) is 9.89 Å². The van der Waals surface area contributed by atoms with E-state index in [0.717, 1.165) is 19.0 Å². The molecule has 0 aromatic carbocycles. The molecule has 2 fully saturated rings. The summed E-state index contributed by atoms with van der Waals surface area (Å²) in [4.78, 5) is 10.9. The van der Waals surface area contributed by atoms with Gasteiger partial charge >= 0.3 is 0 Å². The highest BCUT2D eigenvalue weighted by molar-refractivity contribution is 7.10. The van der Waals surface area contributed by atoms with Crippen LogP contribution in [0.5, 0.6) is 0 Å². The predicted octanol–water partition coefficient (Wildman–Crippen LogP) is 2.39. The van der Waals surface area contributed by atoms with Crippen LogP contribution >= 0.6 is 11.3 Å². The molecule has 3 atom stereocenters. The van der Waals surface area contributed by atoms with E-state index >= 15 is 0 Å². The molecule has 25 heavy (non-hydrogen) atoms. The van der Waals surface area contributed by atoms with Crippen LogP contribution in [0.3, 0.4) is 0 Å². The average Bonchev–Trinajstić information content (AvgIpc) is 3.27. The van der Waals surface area contributed by atoms with Gasteiger partial charge in [-0.1, -0.05) is 6.07 Å². The number of likely N-dealkylation sites (tertiary alicyclic amines) is 2. The molecule has 0 bridgehead atoms. The third-order valence-corrected chi connectivity index (χ3v) is 6.72. The molecule has 3 unspecified atom stereocenters. The van der Waals surface area contributed by atoms with E-state index in [0.29, 0.717) is 18.0 Å². The highest BCUT2D eigenvalue weighted by atomic mass is 32.1. The molecular formula is C19H33N5S. The first-order chi connectivity index (χ1) is 12.2. The molecule has 2 aliphatic rings. The maximum atomic E-state index is 4.43. The molecule has 1 aromatic heterocycles. The van der Waals surface area contributed by atoms with Crippen LogP contribution in [0.25, 0.3) is 0 Å². The quantitative estimate of drug-likeness (QED) is 0.623. The lowest BCUT2D eigenvalue weighted by atomic mass is 9.88. The number of thiophene rings is 1. The van der Waals surface area contributed by atoms with Crippen LogP contribution in [0.1, 0.15) is 36.6 Å². The van der Waals surface area contributed by atoms with Crippen LogP contribution in [0, 0.1) is 5.92 Å². The highest BCUT2D eigenvalue weighted by Gasteiger charge is 2.31. The standard InChI is InChI=1S/C19H33N5S/c1-20-19(22-14-16-8-5-10-23(16)2)21-13-15-7-4-11-24(3)18(15)17-9-6-12-25-17/h6,9,12,15-16,18H,4-5,7-8,10-11,13-14H2,1-3H3,(H2,20,21,22). The maximum absolute atomic E-state index is 4.43. The zero-order valence-electron chi connectivity index (χ0n) is 15.9. The van der Waals surface area contributed by atoms with Crippen molar-refractivity contribution in [3.63, 3.8) is 0 Å². The van der Waals surface area contributed by atoms with Gasteiger partial charge in [-0.15, -0.1) is 11.3 Å². The summed E-state index contributed by atoms with van der Waals surface area (Å²) in [5.74, 6) is 1.57. The Morgan fingerprint density at radius 3 is 2.60 bits per heavy atom. The van der Waals surface area contributed by atoms with Gasteiger partial charge in [0.15, 0.2) is 5.96 Å². The van der Waals surface area contributed by atoms with Crippen molar-refractivity contribution in [1.29, 1.82) is 0 Å². The first kappa shape index (κ1) is 18.7. The Morgan fingerprint density at radius 2 is 1.92 bits per heavy atom. The summed E-state index contributed by atoms with van der Waals surface area (Å²) < 4.78 is 0. The Labute approximate surface area is 156 Å². The van der Waals surface area contributed by atoms with E-state index in [-0.39, 0.29) is 0 Å². The first-order valence-corrected chi connectivity index (χ1v) is 10.5. The minimum absolute atomic E-state index is 0.528. The smallest absolute Gasteiger partial charge is 0.191 e. The summed E-state index contributed by atoms with van der Waals surface area (Å²) in [5, 5.41) is 9.31. The first-order valence-electron chi connectivity index (χ1n) is 9.57. The molecule has 0 aliphatic carbocycles. The van der Waals surface area contributed by atoms with Gasteiger partial charge in [-0.25, -0.2) is 0 Å². The molecule has 2 saturated heterocycles. The lowest BCUT2D eigenvalue weighted by Gasteiger charge is -2.39. The number of likely N-dealkylation sites (N-methyl/N-ethyl adjacent to an activating group) is 1. The molecule has 5 nitrogen and oxygen atoms in total. The van der Waals surface area contributed by atoms with Gasteiger partial charge in [-0.2, -0.15) is 0 Å². The monoisotopic (exact) mass is 363 g/mol. The second-order valence-electron chi connectivity index (χ2n) is 7.45. The number of nitrogens with zero attached hydrogens (tertiary/aromatic N) is 3. The van der Waals surface area contributed by atoms with Crippen LogP contribution in [0.15, 0.2) is 22.5 Å². The molecule has 2 N–H and O–H groups in total. The van der Waals surface area contributed by atoms with Crippen LogP contribution < -0.4 is 10.6 Å². The molecule has 0 spiro atoms. The van der Waals surface area contributed by atoms with E-state index in [9.17, 15) is 0 Å². The van der Waals surface area contributed by atoms with Crippen molar-refractivity contribution >= 4 is 17.3 Å². The molecular weight excluding hydrogens is 330 g/mol. The van der Waals surface area contributed by atoms with Crippen molar-refractivity contribution in [2.45, 2.75) is 37.8 Å². The van der Waals surface area contributed by atoms with E-state index in [4.69, 9.17) is 0 Å². The van der Waals surface area contributed by atoms with Crippen LogP contribution in [0.4, 0.5) is 0 Å². The third kappa shape index (κ3) is 4.74. The molecule has 6 heteroatoms. The fraction of sp³-hybridized carbons (Fsp3) is 0.737.